The summed E-state index contributed by atoms with van der Waals surface area (Å²) in [6.07, 6.45) is 0. The lowest BCUT2D eigenvalue weighted by Gasteiger charge is -2.21. The molecule has 0 bridgehead atoms. The number of nitrogens with one attached hydrogen (secondary N) is 1. The fourth-order valence-corrected chi connectivity index (χ4v) is 2.96. The van der Waals surface area contributed by atoms with Gasteiger partial charge in [-0.2, -0.15) is 0 Å². The van der Waals surface area contributed by atoms with Crippen LogP contribution in [0.1, 0.15) is 23.4 Å². The number of amides is 2. The van der Waals surface area contributed by atoms with Crippen LogP contribution in [-0.2, 0) is 6.54 Å². The smallest absolute Gasteiger partial charge is 0.317 e. The molecular formula is C15H17ClN2O2S. The van der Waals surface area contributed by atoms with Crippen molar-refractivity contribution in [3.8, 4) is 5.75 Å². The molecule has 6 heteroatoms. The Labute approximate surface area is 133 Å². The van der Waals surface area contributed by atoms with E-state index in [1.165, 1.54) is 16.2 Å². The number of urea groups is 1. The summed E-state index contributed by atoms with van der Waals surface area (Å²) in [5.74, 6) is 0.190. The summed E-state index contributed by atoms with van der Waals surface area (Å²) in [5, 5.41) is 12.6. The fourth-order valence-electron chi connectivity index (χ4n) is 1.90. The first-order valence-electron chi connectivity index (χ1n) is 6.51. The predicted octanol–water partition coefficient (Wildman–Crippen LogP) is 4.01. The van der Waals surface area contributed by atoms with Gasteiger partial charge in [0.25, 0.3) is 0 Å². The lowest BCUT2D eigenvalue weighted by atomic mass is 10.2. The zero-order valence-electron chi connectivity index (χ0n) is 11.8. The van der Waals surface area contributed by atoms with Crippen LogP contribution in [-0.4, -0.2) is 23.1 Å². The van der Waals surface area contributed by atoms with Gasteiger partial charge >= 0.3 is 6.03 Å². The first-order valence-corrected chi connectivity index (χ1v) is 7.70. The first-order chi connectivity index (χ1) is 9.97. The lowest BCUT2D eigenvalue weighted by Crippen LogP contribution is -2.37. The molecule has 0 saturated carbocycles. The summed E-state index contributed by atoms with van der Waals surface area (Å²) in [6.45, 7) is 2.25. The molecule has 1 unspecified atom stereocenters. The highest BCUT2D eigenvalue weighted by Crippen LogP contribution is 2.26. The molecular weight excluding hydrogens is 308 g/mol. The van der Waals surface area contributed by atoms with Crippen LogP contribution in [0.25, 0.3) is 0 Å². The van der Waals surface area contributed by atoms with Gasteiger partial charge in [0, 0.05) is 17.5 Å². The Kier molecular flexibility index (Phi) is 5.09. The zero-order valence-corrected chi connectivity index (χ0v) is 13.4. The number of hydrogen-bond acceptors (Lipinski definition) is 3. The van der Waals surface area contributed by atoms with Crippen molar-refractivity contribution < 1.29 is 9.90 Å². The van der Waals surface area contributed by atoms with E-state index >= 15 is 0 Å². The first kappa shape index (κ1) is 15.7. The second-order valence-corrected chi connectivity index (χ2v) is 6.54. The van der Waals surface area contributed by atoms with E-state index in [9.17, 15) is 9.90 Å². The maximum atomic E-state index is 12.2. The second kappa shape index (κ2) is 6.83. The number of hydrogen-bond donors (Lipinski definition) is 2. The molecule has 1 heterocycles. The van der Waals surface area contributed by atoms with Crippen molar-refractivity contribution in [3.63, 3.8) is 0 Å². The van der Waals surface area contributed by atoms with Crippen molar-refractivity contribution in [3.05, 3.63) is 51.2 Å². The highest BCUT2D eigenvalue weighted by Gasteiger charge is 2.15. The molecule has 0 saturated heterocycles. The molecule has 2 rings (SSSR count). The highest BCUT2D eigenvalue weighted by atomic mass is 35.5. The standard InChI is InChI=1S/C15H17ClN2O2S/c1-10(13-7-8-14(16)21-13)17-15(20)18(2)9-11-5-3-4-6-12(11)19/h3-8,10,19H,9H2,1-2H3,(H,17,20). The number of benzene rings is 1. The summed E-state index contributed by atoms with van der Waals surface area (Å²) in [4.78, 5) is 14.7. The summed E-state index contributed by atoms with van der Waals surface area (Å²) in [5.41, 5.74) is 0.710. The number of aromatic hydroxyl groups is 1. The Balaban J connectivity index is 1.95. The van der Waals surface area contributed by atoms with E-state index in [1.54, 1.807) is 25.2 Å². The van der Waals surface area contributed by atoms with E-state index in [2.05, 4.69) is 5.32 Å². The minimum Gasteiger partial charge on any atom is -0.508 e. The van der Waals surface area contributed by atoms with E-state index in [0.29, 0.717) is 16.4 Å². The minimum absolute atomic E-state index is 0.109. The van der Waals surface area contributed by atoms with E-state index in [0.717, 1.165) is 4.88 Å². The quantitative estimate of drug-likeness (QED) is 0.892. The summed E-state index contributed by atoms with van der Waals surface area (Å²) < 4.78 is 0.702. The average Bonchev–Trinajstić information content (AvgIpc) is 2.88. The molecule has 0 radical (unpaired) electrons. The minimum atomic E-state index is -0.199. The Morgan fingerprint density at radius 3 is 2.71 bits per heavy atom. The third-order valence-corrected chi connectivity index (χ3v) is 4.52. The average molecular weight is 325 g/mol. The summed E-state index contributed by atoms with van der Waals surface area (Å²) >= 11 is 7.34. The Morgan fingerprint density at radius 2 is 2.10 bits per heavy atom. The highest BCUT2D eigenvalue weighted by molar-refractivity contribution is 7.16. The molecule has 0 aliphatic rings. The van der Waals surface area contributed by atoms with Crippen molar-refractivity contribution in [2.24, 2.45) is 0 Å². The van der Waals surface area contributed by atoms with Crippen molar-refractivity contribution in [2.75, 3.05) is 7.05 Å². The van der Waals surface area contributed by atoms with E-state index < -0.39 is 0 Å². The Bertz CT molecular complexity index is 630. The Morgan fingerprint density at radius 1 is 1.38 bits per heavy atom. The van der Waals surface area contributed by atoms with E-state index in [-0.39, 0.29) is 17.8 Å². The molecule has 2 aromatic rings. The molecule has 112 valence electrons. The third kappa shape index (κ3) is 4.12. The van der Waals surface area contributed by atoms with Crippen molar-refractivity contribution in [2.45, 2.75) is 19.5 Å². The normalized spacial score (nSPS) is 12.0. The number of para-hydroxylation sites is 1. The van der Waals surface area contributed by atoms with Crippen LogP contribution in [0.5, 0.6) is 5.75 Å². The molecule has 2 amide bonds. The summed E-state index contributed by atoms with van der Waals surface area (Å²) in [7, 11) is 1.69. The third-order valence-electron chi connectivity index (χ3n) is 3.11. The number of carbonyl (C=O) groups excluding carboxylic acids is 1. The van der Waals surface area contributed by atoms with Crippen LogP contribution in [0.2, 0.25) is 4.34 Å². The van der Waals surface area contributed by atoms with Gasteiger partial charge < -0.3 is 15.3 Å². The van der Waals surface area contributed by atoms with Gasteiger partial charge in [-0.05, 0) is 25.1 Å². The van der Waals surface area contributed by atoms with E-state index in [4.69, 9.17) is 11.6 Å². The lowest BCUT2D eigenvalue weighted by molar-refractivity contribution is 0.203. The van der Waals surface area contributed by atoms with Crippen LogP contribution in [0.4, 0.5) is 4.79 Å². The van der Waals surface area contributed by atoms with Gasteiger partial charge in [0.05, 0.1) is 16.9 Å². The molecule has 21 heavy (non-hydrogen) atoms. The Hall–Kier alpha value is -1.72. The number of phenols is 1. The maximum Gasteiger partial charge on any atom is 0.317 e. The van der Waals surface area contributed by atoms with Gasteiger partial charge in [-0.25, -0.2) is 4.79 Å². The largest absolute Gasteiger partial charge is 0.508 e. The second-order valence-electron chi connectivity index (χ2n) is 4.80. The summed E-state index contributed by atoms with van der Waals surface area (Å²) in [6, 6.07) is 10.4. The maximum absolute atomic E-state index is 12.2. The van der Waals surface area contributed by atoms with Crippen molar-refractivity contribution >= 4 is 29.0 Å². The van der Waals surface area contributed by atoms with Gasteiger partial charge in [-0.15, -0.1) is 11.3 Å². The van der Waals surface area contributed by atoms with Crippen LogP contribution in [0.15, 0.2) is 36.4 Å². The molecule has 4 nitrogen and oxygen atoms in total. The van der Waals surface area contributed by atoms with Crippen molar-refractivity contribution in [1.82, 2.24) is 10.2 Å². The molecule has 1 aromatic carbocycles. The zero-order chi connectivity index (χ0) is 15.4. The van der Waals surface area contributed by atoms with Gasteiger partial charge in [-0.3, -0.25) is 0 Å². The van der Waals surface area contributed by atoms with Crippen LogP contribution < -0.4 is 5.32 Å². The topological polar surface area (TPSA) is 52.6 Å². The number of halogens is 1. The number of nitrogens with zero attached hydrogens (tertiary/aromatic N) is 1. The predicted molar refractivity (Wildman–Crippen MR) is 85.8 cm³/mol. The molecule has 0 fully saturated rings. The molecule has 0 aliphatic heterocycles. The van der Waals surface area contributed by atoms with Crippen LogP contribution in [0.3, 0.4) is 0 Å². The van der Waals surface area contributed by atoms with Crippen LogP contribution in [0, 0.1) is 0 Å². The molecule has 1 aromatic heterocycles. The molecule has 0 aliphatic carbocycles. The van der Waals surface area contributed by atoms with Gasteiger partial charge in [-0.1, -0.05) is 29.8 Å². The van der Waals surface area contributed by atoms with Crippen LogP contribution >= 0.6 is 22.9 Å². The number of thiophene rings is 1. The molecule has 2 N–H and O–H groups in total. The van der Waals surface area contributed by atoms with Gasteiger partial charge in [0.2, 0.25) is 0 Å². The fraction of sp³-hybridized carbons (Fsp3) is 0.267. The monoisotopic (exact) mass is 324 g/mol. The van der Waals surface area contributed by atoms with Gasteiger partial charge in [0.1, 0.15) is 5.75 Å². The number of carbonyl (C=O) groups is 1. The van der Waals surface area contributed by atoms with Gasteiger partial charge in [0.15, 0.2) is 0 Å². The number of phenolic OH excluding ortho intramolecular Hbond substituents is 1. The molecule has 0 spiro atoms. The number of rotatable bonds is 4. The SMILES string of the molecule is CC(NC(=O)N(C)Cc1ccccc1O)c1ccc(Cl)s1. The van der Waals surface area contributed by atoms with E-state index in [1.807, 2.05) is 25.1 Å². The molecule has 1 atom stereocenters. The van der Waals surface area contributed by atoms with Crippen molar-refractivity contribution in [1.29, 1.82) is 0 Å².